The number of hydrogen-bond donors (Lipinski definition) is 0. The van der Waals surface area contributed by atoms with Crippen LogP contribution in [-0.4, -0.2) is 20.0 Å². The van der Waals surface area contributed by atoms with Gasteiger partial charge in [-0.05, 0) is 30.3 Å². The summed E-state index contributed by atoms with van der Waals surface area (Å²) in [6.45, 7) is 0. The van der Waals surface area contributed by atoms with E-state index in [2.05, 4.69) is 15.9 Å². The van der Waals surface area contributed by atoms with Crippen LogP contribution in [0.5, 0.6) is 11.5 Å². The van der Waals surface area contributed by atoms with E-state index in [1.165, 1.54) is 7.11 Å². The molecule has 2 rings (SSSR count). The van der Waals surface area contributed by atoms with Crippen molar-refractivity contribution < 1.29 is 14.3 Å². The molecule has 20 heavy (non-hydrogen) atoms. The Morgan fingerprint density at radius 1 is 1.05 bits per heavy atom. The summed E-state index contributed by atoms with van der Waals surface area (Å²) in [4.78, 5) is 12.5. The van der Waals surface area contributed by atoms with E-state index in [4.69, 9.17) is 21.1 Å². The molecule has 0 saturated carbocycles. The third-order valence-electron chi connectivity index (χ3n) is 2.83. The number of carbonyl (C=O) groups is 1. The molecule has 3 nitrogen and oxygen atoms in total. The Morgan fingerprint density at radius 2 is 1.75 bits per heavy atom. The Bertz CT molecular complexity index is 656. The molecule has 0 spiro atoms. The summed E-state index contributed by atoms with van der Waals surface area (Å²) in [5.74, 6) is 0.885. The fourth-order valence-electron chi connectivity index (χ4n) is 1.80. The molecule has 0 bridgehead atoms. The fourth-order valence-corrected chi connectivity index (χ4v) is 2.56. The zero-order valence-corrected chi connectivity index (χ0v) is 13.3. The van der Waals surface area contributed by atoms with E-state index in [0.717, 1.165) is 4.47 Å². The van der Waals surface area contributed by atoms with Gasteiger partial charge < -0.3 is 9.47 Å². The van der Waals surface area contributed by atoms with Crippen molar-refractivity contribution in [2.24, 2.45) is 0 Å². The van der Waals surface area contributed by atoms with Gasteiger partial charge in [0.2, 0.25) is 0 Å². The first-order valence-electron chi connectivity index (χ1n) is 5.78. The maximum atomic E-state index is 12.5. The van der Waals surface area contributed by atoms with Crippen molar-refractivity contribution in [3.8, 4) is 11.5 Å². The summed E-state index contributed by atoms with van der Waals surface area (Å²) >= 11 is 9.42. The molecule has 0 atom stereocenters. The van der Waals surface area contributed by atoms with Crippen molar-refractivity contribution in [3.05, 3.63) is 57.0 Å². The molecule has 0 heterocycles. The molecule has 5 heteroatoms. The van der Waals surface area contributed by atoms with Crippen LogP contribution in [-0.2, 0) is 0 Å². The van der Waals surface area contributed by atoms with Gasteiger partial charge in [0.15, 0.2) is 5.78 Å². The van der Waals surface area contributed by atoms with Gasteiger partial charge in [-0.2, -0.15) is 0 Å². The third kappa shape index (κ3) is 2.97. The Balaban J connectivity index is 2.47. The quantitative estimate of drug-likeness (QED) is 0.765. The molecule has 0 amide bonds. The van der Waals surface area contributed by atoms with E-state index < -0.39 is 0 Å². The van der Waals surface area contributed by atoms with Crippen LogP contribution in [0.25, 0.3) is 0 Å². The fraction of sp³-hybridized carbons (Fsp3) is 0.133. The Labute approximate surface area is 130 Å². The molecule has 0 fully saturated rings. The van der Waals surface area contributed by atoms with Crippen LogP contribution in [0.3, 0.4) is 0 Å². The van der Waals surface area contributed by atoms with Gasteiger partial charge in [-0.15, -0.1) is 0 Å². The smallest absolute Gasteiger partial charge is 0.198 e. The Kier molecular flexibility index (Phi) is 4.68. The highest BCUT2D eigenvalue weighted by atomic mass is 79.9. The molecular weight excluding hydrogens is 344 g/mol. The highest BCUT2D eigenvalue weighted by Crippen LogP contribution is 2.29. The van der Waals surface area contributed by atoms with E-state index in [1.54, 1.807) is 43.5 Å². The summed E-state index contributed by atoms with van der Waals surface area (Å²) in [7, 11) is 3.07. The van der Waals surface area contributed by atoms with Crippen molar-refractivity contribution in [1.82, 2.24) is 0 Å². The van der Waals surface area contributed by atoms with Crippen LogP contribution in [0.15, 0.2) is 40.9 Å². The van der Waals surface area contributed by atoms with Crippen molar-refractivity contribution in [2.45, 2.75) is 0 Å². The van der Waals surface area contributed by atoms with Gasteiger partial charge in [-0.1, -0.05) is 27.5 Å². The molecule has 0 radical (unpaired) electrons. The van der Waals surface area contributed by atoms with Gasteiger partial charge in [0, 0.05) is 16.1 Å². The molecule has 0 N–H and O–H groups in total. The lowest BCUT2D eigenvalue weighted by Crippen LogP contribution is -2.05. The number of carbonyl (C=O) groups excluding carboxylic acids is 1. The zero-order valence-electron chi connectivity index (χ0n) is 10.9. The first-order chi connectivity index (χ1) is 9.56. The minimum atomic E-state index is -0.193. The van der Waals surface area contributed by atoms with E-state index in [9.17, 15) is 4.79 Å². The Hall–Kier alpha value is -1.52. The summed E-state index contributed by atoms with van der Waals surface area (Å²) in [5.41, 5.74) is 0.871. The SMILES string of the molecule is COc1ccc(C(=O)c2ccc(Br)cc2Cl)c(OC)c1. The number of hydrogen-bond acceptors (Lipinski definition) is 3. The van der Waals surface area contributed by atoms with Crippen molar-refractivity contribution >= 4 is 33.3 Å². The minimum Gasteiger partial charge on any atom is -0.497 e. The average molecular weight is 356 g/mol. The lowest BCUT2D eigenvalue weighted by atomic mass is 10.0. The van der Waals surface area contributed by atoms with Crippen LogP contribution in [0.4, 0.5) is 0 Å². The maximum absolute atomic E-state index is 12.5. The number of methoxy groups -OCH3 is 2. The summed E-state index contributed by atoms with van der Waals surface area (Å²) in [5, 5.41) is 0.391. The highest BCUT2D eigenvalue weighted by Gasteiger charge is 2.18. The molecule has 2 aromatic carbocycles. The topological polar surface area (TPSA) is 35.5 Å². The van der Waals surface area contributed by atoms with Crippen LogP contribution >= 0.6 is 27.5 Å². The van der Waals surface area contributed by atoms with Crippen LogP contribution in [0, 0.1) is 0 Å². The normalized spacial score (nSPS) is 10.2. The largest absolute Gasteiger partial charge is 0.497 e. The van der Waals surface area contributed by atoms with Crippen LogP contribution in [0.2, 0.25) is 5.02 Å². The second kappa shape index (κ2) is 6.29. The average Bonchev–Trinajstić information content (AvgIpc) is 2.46. The molecule has 104 valence electrons. The van der Waals surface area contributed by atoms with Crippen molar-refractivity contribution in [1.29, 1.82) is 0 Å². The lowest BCUT2D eigenvalue weighted by molar-refractivity contribution is 0.103. The summed E-state index contributed by atoms with van der Waals surface area (Å²) in [6.07, 6.45) is 0. The molecule has 0 aliphatic rings. The van der Waals surface area contributed by atoms with Crippen molar-refractivity contribution in [2.75, 3.05) is 14.2 Å². The Morgan fingerprint density at radius 3 is 2.35 bits per heavy atom. The number of ketones is 1. The van der Waals surface area contributed by atoms with E-state index in [1.807, 2.05) is 0 Å². The number of rotatable bonds is 4. The van der Waals surface area contributed by atoms with Gasteiger partial charge in [0.25, 0.3) is 0 Å². The molecule has 0 aliphatic heterocycles. The second-order valence-electron chi connectivity index (χ2n) is 4.02. The van der Waals surface area contributed by atoms with E-state index in [-0.39, 0.29) is 5.78 Å². The molecule has 2 aromatic rings. The molecule has 0 aromatic heterocycles. The zero-order chi connectivity index (χ0) is 14.7. The van der Waals surface area contributed by atoms with Gasteiger partial charge in [-0.3, -0.25) is 4.79 Å². The monoisotopic (exact) mass is 354 g/mol. The van der Waals surface area contributed by atoms with Gasteiger partial charge in [0.05, 0.1) is 24.8 Å². The lowest BCUT2D eigenvalue weighted by Gasteiger charge is -2.10. The molecule has 0 aliphatic carbocycles. The van der Waals surface area contributed by atoms with Crippen LogP contribution < -0.4 is 9.47 Å². The van der Waals surface area contributed by atoms with Gasteiger partial charge in [-0.25, -0.2) is 0 Å². The molecule has 0 unspecified atom stereocenters. The third-order valence-corrected chi connectivity index (χ3v) is 3.64. The second-order valence-corrected chi connectivity index (χ2v) is 5.34. The van der Waals surface area contributed by atoms with E-state index >= 15 is 0 Å². The number of benzene rings is 2. The van der Waals surface area contributed by atoms with Crippen LogP contribution in [0.1, 0.15) is 15.9 Å². The minimum absolute atomic E-state index is 0.193. The maximum Gasteiger partial charge on any atom is 0.198 e. The standard InChI is InChI=1S/C15H12BrClO3/c1-19-10-4-6-12(14(8-10)20-2)15(18)11-5-3-9(16)7-13(11)17/h3-8H,1-2H3. The highest BCUT2D eigenvalue weighted by molar-refractivity contribution is 9.10. The summed E-state index contributed by atoms with van der Waals surface area (Å²) in [6, 6.07) is 10.2. The first-order valence-corrected chi connectivity index (χ1v) is 6.95. The summed E-state index contributed by atoms with van der Waals surface area (Å²) < 4.78 is 11.2. The molecule has 0 saturated heterocycles. The van der Waals surface area contributed by atoms with E-state index in [0.29, 0.717) is 27.6 Å². The predicted molar refractivity (Wildman–Crippen MR) is 82.1 cm³/mol. The number of ether oxygens (including phenoxy) is 2. The van der Waals surface area contributed by atoms with Gasteiger partial charge in [0.1, 0.15) is 11.5 Å². The predicted octanol–water partition coefficient (Wildman–Crippen LogP) is 4.35. The molecular formula is C15H12BrClO3. The van der Waals surface area contributed by atoms with Gasteiger partial charge >= 0.3 is 0 Å². The van der Waals surface area contributed by atoms with Crippen molar-refractivity contribution in [3.63, 3.8) is 0 Å². The number of halogens is 2. The first kappa shape index (κ1) is 14.9.